The number of hydrogen-bond acceptors (Lipinski definition) is 4. The predicted molar refractivity (Wildman–Crippen MR) is 98.0 cm³/mol. The molecule has 0 saturated carbocycles. The Bertz CT molecular complexity index is 677. The molecule has 0 saturated heterocycles. The summed E-state index contributed by atoms with van der Waals surface area (Å²) in [5.41, 5.74) is 2.30. The monoisotopic (exact) mass is 343 g/mol. The van der Waals surface area contributed by atoms with Crippen LogP contribution in [0.1, 0.15) is 43.7 Å². The number of fused-ring (bicyclic) bond motifs is 1. The molecule has 1 aliphatic carbocycles. The van der Waals surface area contributed by atoms with E-state index in [4.69, 9.17) is 4.98 Å². The predicted octanol–water partition coefficient (Wildman–Crippen LogP) is 3.96. The molecule has 5 heteroatoms. The minimum absolute atomic E-state index is 0.126. The highest BCUT2D eigenvalue weighted by Crippen LogP contribution is 2.35. The molecule has 3 rings (SSSR count). The molecule has 0 spiro atoms. The average molecular weight is 343 g/mol. The van der Waals surface area contributed by atoms with Crippen LogP contribution < -0.4 is 0 Å². The Balaban J connectivity index is 1.74. The van der Waals surface area contributed by atoms with E-state index in [9.17, 15) is 4.79 Å². The zero-order valence-electron chi connectivity index (χ0n) is 14.5. The van der Waals surface area contributed by atoms with E-state index in [0.29, 0.717) is 5.91 Å². The summed E-state index contributed by atoms with van der Waals surface area (Å²) in [6, 6.07) is 3.99. The van der Waals surface area contributed by atoms with E-state index in [1.165, 1.54) is 10.6 Å². The second kappa shape index (κ2) is 7.88. The first-order chi connectivity index (χ1) is 11.7. The molecule has 2 aromatic heterocycles. The molecule has 0 aromatic carbocycles. The van der Waals surface area contributed by atoms with Crippen molar-refractivity contribution in [1.82, 2.24) is 14.9 Å². The van der Waals surface area contributed by atoms with Gasteiger partial charge in [0.2, 0.25) is 5.91 Å². The molecule has 128 valence electrons. The number of aromatic nitrogens is 2. The summed E-state index contributed by atoms with van der Waals surface area (Å²) in [6.07, 6.45) is 8.34. The largest absolute Gasteiger partial charge is 0.342 e. The first-order valence-electron chi connectivity index (χ1n) is 8.90. The van der Waals surface area contributed by atoms with E-state index < -0.39 is 0 Å². The van der Waals surface area contributed by atoms with Crippen LogP contribution in [0, 0.1) is 5.92 Å². The van der Waals surface area contributed by atoms with Gasteiger partial charge in [-0.15, -0.1) is 11.3 Å². The van der Waals surface area contributed by atoms with Crippen LogP contribution >= 0.6 is 11.3 Å². The zero-order valence-corrected chi connectivity index (χ0v) is 15.3. The number of nitrogens with zero attached hydrogens (tertiary/aromatic N) is 3. The molecule has 1 amide bonds. The summed E-state index contributed by atoms with van der Waals surface area (Å²) in [5.74, 6) is 0.463. The summed E-state index contributed by atoms with van der Waals surface area (Å²) in [6.45, 7) is 6.03. The SMILES string of the molecule is CCCN(CCC)C(=O)C1CCc2nc(-c3ccncc3)sc2C1. The first-order valence-corrected chi connectivity index (χ1v) is 9.72. The molecule has 2 heterocycles. The molecule has 1 aliphatic rings. The zero-order chi connectivity index (χ0) is 16.9. The highest BCUT2D eigenvalue weighted by Gasteiger charge is 2.30. The van der Waals surface area contributed by atoms with E-state index in [0.717, 1.165) is 55.8 Å². The lowest BCUT2D eigenvalue weighted by atomic mass is 9.90. The van der Waals surface area contributed by atoms with Gasteiger partial charge in [-0.2, -0.15) is 0 Å². The van der Waals surface area contributed by atoms with E-state index in [-0.39, 0.29) is 5.92 Å². The van der Waals surface area contributed by atoms with E-state index in [1.807, 2.05) is 12.1 Å². The van der Waals surface area contributed by atoms with Crippen LogP contribution in [0.5, 0.6) is 0 Å². The number of carbonyl (C=O) groups excluding carboxylic acids is 1. The van der Waals surface area contributed by atoms with Crippen molar-refractivity contribution >= 4 is 17.2 Å². The normalized spacial score (nSPS) is 16.7. The quantitative estimate of drug-likeness (QED) is 0.797. The van der Waals surface area contributed by atoms with Crippen LogP contribution in [0.25, 0.3) is 10.6 Å². The fourth-order valence-corrected chi connectivity index (χ4v) is 4.53. The van der Waals surface area contributed by atoms with Gasteiger partial charge >= 0.3 is 0 Å². The second-order valence-electron chi connectivity index (χ2n) is 6.39. The van der Waals surface area contributed by atoms with E-state index >= 15 is 0 Å². The van der Waals surface area contributed by atoms with Crippen molar-refractivity contribution in [3.63, 3.8) is 0 Å². The molecule has 1 atom stereocenters. The highest BCUT2D eigenvalue weighted by atomic mass is 32.1. The van der Waals surface area contributed by atoms with Crippen LogP contribution in [0.4, 0.5) is 0 Å². The van der Waals surface area contributed by atoms with Crippen molar-refractivity contribution in [2.45, 2.75) is 46.0 Å². The maximum Gasteiger partial charge on any atom is 0.226 e. The van der Waals surface area contributed by atoms with E-state index in [2.05, 4.69) is 23.7 Å². The summed E-state index contributed by atoms with van der Waals surface area (Å²) in [7, 11) is 0. The van der Waals surface area contributed by atoms with Crippen molar-refractivity contribution in [3.8, 4) is 10.6 Å². The van der Waals surface area contributed by atoms with E-state index in [1.54, 1.807) is 23.7 Å². The molecular weight excluding hydrogens is 318 g/mol. The van der Waals surface area contributed by atoms with Gasteiger partial charge in [0.15, 0.2) is 0 Å². The fourth-order valence-electron chi connectivity index (χ4n) is 3.33. The smallest absolute Gasteiger partial charge is 0.226 e. The van der Waals surface area contributed by atoms with Gasteiger partial charge < -0.3 is 4.90 Å². The van der Waals surface area contributed by atoms with Gasteiger partial charge in [-0.25, -0.2) is 4.98 Å². The van der Waals surface area contributed by atoms with Gasteiger partial charge in [-0.05, 0) is 44.2 Å². The molecule has 0 fully saturated rings. The first kappa shape index (κ1) is 17.1. The van der Waals surface area contributed by atoms with Gasteiger partial charge in [0.25, 0.3) is 0 Å². The summed E-state index contributed by atoms with van der Waals surface area (Å²) >= 11 is 1.74. The number of pyridine rings is 1. The van der Waals surface area contributed by atoms with Crippen molar-refractivity contribution in [2.75, 3.05) is 13.1 Å². The van der Waals surface area contributed by atoms with Crippen LogP contribution in [0.2, 0.25) is 0 Å². The van der Waals surface area contributed by atoms with Crippen molar-refractivity contribution in [2.24, 2.45) is 5.92 Å². The third kappa shape index (κ3) is 3.66. The van der Waals surface area contributed by atoms with Gasteiger partial charge in [0.1, 0.15) is 5.01 Å². The average Bonchev–Trinajstić information content (AvgIpc) is 3.05. The Morgan fingerprint density at radius 1 is 1.25 bits per heavy atom. The second-order valence-corrected chi connectivity index (χ2v) is 7.47. The molecule has 24 heavy (non-hydrogen) atoms. The van der Waals surface area contributed by atoms with Gasteiger partial charge in [-0.1, -0.05) is 13.8 Å². The van der Waals surface area contributed by atoms with Crippen molar-refractivity contribution in [3.05, 3.63) is 35.1 Å². The Hall–Kier alpha value is -1.75. The Morgan fingerprint density at radius 2 is 1.96 bits per heavy atom. The van der Waals surface area contributed by atoms with Crippen LogP contribution in [-0.4, -0.2) is 33.9 Å². The Kier molecular flexibility index (Phi) is 5.61. The Labute approximate surface area is 147 Å². The lowest BCUT2D eigenvalue weighted by Gasteiger charge is -2.28. The molecule has 0 radical (unpaired) electrons. The number of thiazole rings is 1. The number of hydrogen-bond donors (Lipinski definition) is 0. The number of aryl methyl sites for hydroxylation is 1. The highest BCUT2D eigenvalue weighted by molar-refractivity contribution is 7.15. The fraction of sp³-hybridized carbons (Fsp3) is 0.526. The maximum absolute atomic E-state index is 12.9. The molecule has 4 nitrogen and oxygen atoms in total. The molecule has 0 aliphatic heterocycles. The van der Waals surface area contributed by atoms with Crippen molar-refractivity contribution < 1.29 is 4.79 Å². The number of carbonyl (C=O) groups is 1. The third-order valence-electron chi connectivity index (χ3n) is 4.51. The van der Waals surface area contributed by atoms with Crippen LogP contribution in [0.3, 0.4) is 0 Å². The minimum Gasteiger partial charge on any atom is -0.342 e. The number of amides is 1. The summed E-state index contributed by atoms with van der Waals surface area (Å²) < 4.78 is 0. The lowest BCUT2D eigenvalue weighted by molar-refractivity contribution is -0.136. The summed E-state index contributed by atoms with van der Waals surface area (Å²) in [4.78, 5) is 25.1. The summed E-state index contributed by atoms with van der Waals surface area (Å²) in [5, 5.41) is 1.05. The standard InChI is InChI=1S/C19H25N3OS/c1-3-11-22(12-4-2)19(23)15-5-6-16-17(13-15)24-18(21-16)14-7-9-20-10-8-14/h7-10,15H,3-6,11-13H2,1-2H3. The van der Waals surface area contributed by atoms with Gasteiger partial charge in [-0.3, -0.25) is 9.78 Å². The Morgan fingerprint density at radius 3 is 2.62 bits per heavy atom. The molecule has 0 bridgehead atoms. The number of rotatable bonds is 6. The molecule has 2 aromatic rings. The maximum atomic E-state index is 12.9. The van der Waals surface area contributed by atoms with Gasteiger partial charge in [0, 0.05) is 41.8 Å². The minimum atomic E-state index is 0.126. The van der Waals surface area contributed by atoms with Crippen LogP contribution in [0.15, 0.2) is 24.5 Å². The van der Waals surface area contributed by atoms with Crippen LogP contribution in [-0.2, 0) is 17.6 Å². The van der Waals surface area contributed by atoms with Gasteiger partial charge in [0.05, 0.1) is 5.69 Å². The molecule has 0 N–H and O–H groups in total. The third-order valence-corrected chi connectivity index (χ3v) is 5.68. The van der Waals surface area contributed by atoms with Crippen molar-refractivity contribution in [1.29, 1.82) is 0 Å². The molecular formula is C19H25N3OS. The lowest BCUT2D eigenvalue weighted by Crippen LogP contribution is -2.39. The topological polar surface area (TPSA) is 46.1 Å². The molecule has 1 unspecified atom stereocenters.